The van der Waals surface area contributed by atoms with Crippen LogP contribution in [-0.2, 0) is 0 Å². The Kier molecular flexibility index (Phi) is 4.43. The first-order valence-electron chi connectivity index (χ1n) is 5.96. The standard InChI is InChI=1S/C12H24N2/c1-4-5-6-7-8-9-11-13-10-12(2,3)14-11/h4-10H2,1-3H3,(H,13,14). The van der Waals surface area contributed by atoms with Gasteiger partial charge in [-0.25, -0.2) is 0 Å². The minimum Gasteiger partial charge on any atom is -0.371 e. The van der Waals surface area contributed by atoms with Crippen LogP contribution in [-0.4, -0.2) is 17.9 Å². The molecule has 0 amide bonds. The molecular formula is C12H24N2. The van der Waals surface area contributed by atoms with Crippen molar-refractivity contribution >= 4 is 5.84 Å². The van der Waals surface area contributed by atoms with Crippen LogP contribution in [0, 0.1) is 0 Å². The molecule has 0 bridgehead atoms. The van der Waals surface area contributed by atoms with Crippen LogP contribution >= 0.6 is 0 Å². The molecule has 0 saturated carbocycles. The predicted octanol–water partition coefficient (Wildman–Crippen LogP) is 3.13. The van der Waals surface area contributed by atoms with Crippen molar-refractivity contribution in [3.8, 4) is 0 Å². The summed E-state index contributed by atoms with van der Waals surface area (Å²) in [6.45, 7) is 7.64. The van der Waals surface area contributed by atoms with Crippen molar-refractivity contribution in [1.29, 1.82) is 0 Å². The van der Waals surface area contributed by atoms with Crippen LogP contribution in [0.3, 0.4) is 0 Å². The Balaban J connectivity index is 2.08. The number of hydrogen-bond donors (Lipinski definition) is 1. The summed E-state index contributed by atoms with van der Waals surface area (Å²) in [6.07, 6.45) is 7.88. The second-order valence-electron chi connectivity index (χ2n) is 4.89. The Morgan fingerprint density at radius 3 is 2.50 bits per heavy atom. The van der Waals surface area contributed by atoms with E-state index in [-0.39, 0.29) is 5.54 Å². The second-order valence-corrected chi connectivity index (χ2v) is 4.89. The van der Waals surface area contributed by atoms with Crippen molar-refractivity contribution in [2.24, 2.45) is 4.99 Å². The number of aliphatic imine (C=N–C) groups is 1. The molecule has 0 saturated heterocycles. The molecule has 1 heterocycles. The molecule has 0 aromatic carbocycles. The molecule has 0 spiro atoms. The maximum Gasteiger partial charge on any atom is 0.0971 e. The van der Waals surface area contributed by atoms with E-state index in [0.29, 0.717) is 0 Å². The van der Waals surface area contributed by atoms with Crippen molar-refractivity contribution in [1.82, 2.24) is 5.32 Å². The number of rotatable bonds is 6. The average molecular weight is 196 g/mol. The van der Waals surface area contributed by atoms with Crippen LogP contribution in [0.15, 0.2) is 4.99 Å². The lowest BCUT2D eigenvalue weighted by Gasteiger charge is -2.09. The third-order valence-corrected chi connectivity index (χ3v) is 2.68. The van der Waals surface area contributed by atoms with Crippen molar-refractivity contribution in [3.05, 3.63) is 0 Å². The Hall–Kier alpha value is -0.530. The molecule has 0 unspecified atom stereocenters. The van der Waals surface area contributed by atoms with Crippen LogP contribution in [0.1, 0.15) is 59.3 Å². The molecule has 1 aliphatic heterocycles. The molecule has 82 valence electrons. The summed E-state index contributed by atoms with van der Waals surface area (Å²) in [5.74, 6) is 1.23. The molecule has 0 fully saturated rings. The number of amidine groups is 1. The second kappa shape index (κ2) is 5.38. The van der Waals surface area contributed by atoms with Gasteiger partial charge >= 0.3 is 0 Å². The van der Waals surface area contributed by atoms with E-state index in [1.54, 1.807) is 0 Å². The lowest BCUT2D eigenvalue weighted by atomic mass is 10.1. The van der Waals surface area contributed by atoms with E-state index < -0.39 is 0 Å². The highest BCUT2D eigenvalue weighted by molar-refractivity contribution is 5.84. The number of unbranched alkanes of at least 4 members (excludes halogenated alkanes) is 4. The van der Waals surface area contributed by atoms with Gasteiger partial charge < -0.3 is 5.32 Å². The van der Waals surface area contributed by atoms with Crippen molar-refractivity contribution in [3.63, 3.8) is 0 Å². The molecule has 2 nitrogen and oxygen atoms in total. The van der Waals surface area contributed by atoms with Crippen molar-refractivity contribution in [2.45, 2.75) is 64.8 Å². The summed E-state index contributed by atoms with van der Waals surface area (Å²) in [7, 11) is 0. The molecule has 2 heteroatoms. The number of nitrogens with one attached hydrogen (secondary N) is 1. The van der Waals surface area contributed by atoms with Gasteiger partial charge in [0, 0.05) is 13.0 Å². The monoisotopic (exact) mass is 196 g/mol. The SMILES string of the molecule is CCCCCCCC1=NC(C)(C)CN1. The average Bonchev–Trinajstić information content (AvgIpc) is 2.45. The number of nitrogens with zero attached hydrogens (tertiary/aromatic N) is 1. The molecule has 1 aliphatic rings. The van der Waals surface area contributed by atoms with Crippen molar-refractivity contribution < 1.29 is 0 Å². The zero-order valence-electron chi connectivity index (χ0n) is 9.90. The van der Waals surface area contributed by atoms with E-state index in [1.807, 2.05) is 0 Å². The normalized spacial score (nSPS) is 19.2. The summed E-state index contributed by atoms with van der Waals surface area (Å²) in [5, 5.41) is 3.39. The van der Waals surface area contributed by atoms with Crippen LogP contribution in [0.4, 0.5) is 0 Å². The van der Waals surface area contributed by atoms with Gasteiger partial charge in [-0.3, -0.25) is 4.99 Å². The van der Waals surface area contributed by atoms with Crippen LogP contribution in [0.5, 0.6) is 0 Å². The largest absolute Gasteiger partial charge is 0.371 e. The van der Waals surface area contributed by atoms with E-state index in [4.69, 9.17) is 0 Å². The zero-order valence-corrected chi connectivity index (χ0v) is 9.90. The fourth-order valence-corrected chi connectivity index (χ4v) is 1.80. The zero-order chi connectivity index (χ0) is 10.4. The maximum absolute atomic E-state index is 4.64. The summed E-state index contributed by atoms with van der Waals surface area (Å²) in [5.41, 5.74) is 0.138. The Morgan fingerprint density at radius 2 is 1.93 bits per heavy atom. The van der Waals surface area contributed by atoms with E-state index in [1.165, 1.54) is 37.9 Å². The van der Waals surface area contributed by atoms with Gasteiger partial charge in [-0.05, 0) is 20.3 Å². The highest BCUT2D eigenvalue weighted by Gasteiger charge is 2.23. The first kappa shape index (κ1) is 11.5. The summed E-state index contributed by atoms with van der Waals surface area (Å²) < 4.78 is 0. The molecule has 1 rings (SSSR count). The highest BCUT2D eigenvalue weighted by atomic mass is 15.1. The minimum absolute atomic E-state index is 0.138. The first-order chi connectivity index (χ1) is 6.64. The molecule has 0 aromatic rings. The Labute approximate surface area is 88.2 Å². The Morgan fingerprint density at radius 1 is 1.21 bits per heavy atom. The van der Waals surface area contributed by atoms with Crippen LogP contribution in [0.25, 0.3) is 0 Å². The fraction of sp³-hybridized carbons (Fsp3) is 0.917. The van der Waals surface area contributed by atoms with E-state index in [2.05, 4.69) is 31.1 Å². The molecule has 0 radical (unpaired) electrons. The lowest BCUT2D eigenvalue weighted by molar-refractivity contribution is 0.549. The first-order valence-corrected chi connectivity index (χ1v) is 5.96. The van der Waals surface area contributed by atoms with Crippen LogP contribution < -0.4 is 5.32 Å². The quantitative estimate of drug-likeness (QED) is 0.648. The summed E-state index contributed by atoms with van der Waals surface area (Å²) >= 11 is 0. The third-order valence-electron chi connectivity index (χ3n) is 2.68. The van der Waals surface area contributed by atoms with Crippen LogP contribution in [0.2, 0.25) is 0 Å². The fourth-order valence-electron chi connectivity index (χ4n) is 1.80. The van der Waals surface area contributed by atoms with Gasteiger partial charge in [-0.2, -0.15) is 0 Å². The van der Waals surface area contributed by atoms with E-state index >= 15 is 0 Å². The van der Waals surface area contributed by atoms with Gasteiger partial charge in [-0.15, -0.1) is 0 Å². The molecule has 14 heavy (non-hydrogen) atoms. The number of hydrogen-bond acceptors (Lipinski definition) is 2. The highest BCUT2D eigenvalue weighted by Crippen LogP contribution is 2.15. The molecule has 1 N–H and O–H groups in total. The maximum atomic E-state index is 4.64. The van der Waals surface area contributed by atoms with Gasteiger partial charge in [0.05, 0.1) is 11.4 Å². The molecular weight excluding hydrogens is 172 g/mol. The third kappa shape index (κ3) is 4.12. The minimum atomic E-state index is 0.138. The molecule has 0 aliphatic carbocycles. The topological polar surface area (TPSA) is 24.4 Å². The lowest BCUT2D eigenvalue weighted by Crippen LogP contribution is -2.26. The van der Waals surface area contributed by atoms with Gasteiger partial charge in [0.15, 0.2) is 0 Å². The van der Waals surface area contributed by atoms with E-state index in [9.17, 15) is 0 Å². The van der Waals surface area contributed by atoms with Gasteiger partial charge in [-0.1, -0.05) is 32.6 Å². The molecule has 0 aromatic heterocycles. The smallest absolute Gasteiger partial charge is 0.0971 e. The molecule has 0 atom stereocenters. The predicted molar refractivity (Wildman–Crippen MR) is 62.9 cm³/mol. The van der Waals surface area contributed by atoms with Gasteiger partial charge in [0.1, 0.15) is 0 Å². The summed E-state index contributed by atoms with van der Waals surface area (Å²) in [6, 6.07) is 0. The van der Waals surface area contributed by atoms with E-state index in [0.717, 1.165) is 13.0 Å². The van der Waals surface area contributed by atoms with Gasteiger partial charge in [0.2, 0.25) is 0 Å². The summed E-state index contributed by atoms with van der Waals surface area (Å²) in [4.78, 5) is 4.64. The van der Waals surface area contributed by atoms with Gasteiger partial charge in [0.25, 0.3) is 0 Å². The Bertz CT molecular complexity index is 194. The van der Waals surface area contributed by atoms with Crippen molar-refractivity contribution in [2.75, 3.05) is 6.54 Å².